The minimum absolute atomic E-state index is 0.0551. The van der Waals surface area contributed by atoms with Crippen molar-refractivity contribution in [2.24, 2.45) is 0 Å². The minimum atomic E-state index is -3.50. The molecule has 0 aliphatic carbocycles. The van der Waals surface area contributed by atoms with E-state index in [1.807, 2.05) is 0 Å². The molecule has 3 rings (SSSR count). The molecule has 2 saturated heterocycles. The Bertz CT molecular complexity index is 585. The predicted octanol–water partition coefficient (Wildman–Crippen LogP) is 0.728. The number of sulfonamides is 1. The van der Waals surface area contributed by atoms with Gasteiger partial charge in [0.25, 0.3) is 0 Å². The van der Waals surface area contributed by atoms with Gasteiger partial charge in [0.2, 0.25) is 15.9 Å². The molecule has 2 bridgehead atoms. The quantitative estimate of drug-likeness (QED) is 0.868. The van der Waals surface area contributed by atoms with E-state index >= 15 is 0 Å². The molecule has 1 aromatic carbocycles. The zero-order chi connectivity index (χ0) is 13.5. The lowest BCUT2D eigenvalue weighted by molar-refractivity contribution is -0.121. The van der Waals surface area contributed by atoms with Crippen LogP contribution in [0.1, 0.15) is 19.3 Å². The Morgan fingerprint density at radius 3 is 2.53 bits per heavy atom. The molecule has 1 amide bonds. The predicted molar refractivity (Wildman–Crippen MR) is 69.9 cm³/mol. The molecule has 0 saturated carbocycles. The maximum Gasteiger partial charge on any atom is 0.243 e. The van der Waals surface area contributed by atoms with Gasteiger partial charge in [-0.3, -0.25) is 4.79 Å². The van der Waals surface area contributed by atoms with Crippen LogP contribution < -0.4 is 5.32 Å². The maximum absolute atomic E-state index is 12.7. The van der Waals surface area contributed by atoms with Crippen molar-refractivity contribution in [1.29, 1.82) is 0 Å². The summed E-state index contributed by atoms with van der Waals surface area (Å²) >= 11 is 0. The third-order valence-corrected chi connectivity index (χ3v) is 5.85. The van der Waals surface area contributed by atoms with E-state index in [0.29, 0.717) is 11.4 Å². The van der Waals surface area contributed by atoms with Crippen molar-refractivity contribution in [3.8, 4) is 0 Å². The van der Waals surface area contributed by atoms with Crippen molar-refractivity contribution >= 4 is 15.9 Å². The van der Waals surface area contributed by atoms with E-state index in [9.17, 15) is 13.2 Å². The molecule has 2 aliphatic heterocycles. The van der Waals surface area contributed by atoms with Crippen LogP contribution in [0.3, 0.4) is 0 Å². The molecule has 6 heteroatoms. The highest BCUT2D eigenvalue weighted by Crippen LogP contribution is 2.33. The molecule has 19 heavy (non-hydrogen) atoms. The second-order valence-electron chi connectivity index (χ2n) is 5.04. The SMILES string of the molecule is O=C1C[C@@H]2CC[C@H](CN1)N2S(=O)(=O)c1ccccc1. The molecule has 0 aromatic heterocycles. The van der Waals surface area contributed by atoms with Gasteiger partial charge in [-0.2, -0.15) is 4.31 Å². The highest BCUT2D eigenvalue weighted by molar-refractivity contribution is 7.89. The number of carbonyl (C=O) groups excluding carboxylic acids is 1. The smallest absolute Gasteiger partial charge is 0.243 e. The number of nitrogens with zero attached hydrogens (tertiary/aromatic N) is 1. The second-order valence-corrected chi connectivity index (χ2v) is 6.88. The summed E-state index contributed by atoms with van der Waals surface area (Å²) in [6, 6.07) is 8.14. The van der Waals surface area contributed by atoms with Crippen LogP contribution in [0.2, 0.25) is 0 Å². The average Bonchev–Trinajstić information content (AvgIpc) is 2.71. The molecule has 5 nitrogen and oxygen atoms in total. The van der Waals surface area contributed by atoms with Crippen LogP contribution in [-0.4, -0.2) is 37.3 Å². The van der Waals surface area contributed by atoms with Gasteiger partial charge in [-0.25, -0.2) is 8.42 Å². The number of hydrogen-bond donors (Lipinski definition) is 1. The minimum Gasteiger partial charge on any atom is -0.354 e. The first-order valence-electron chi connectivity index (χ1n) is 6.44. The van der Waals surface area contributed by atoms with Gasteiger partial charge >= 0.3 is 0 Å². The fourth-order valence-corrected chi connectivity index (χ4v) is 4.84. The molecule has 2 atom stereocenters. The molecule has 2 heterocycles. The molecule has 1 N–H and O–H groups in total. The van der Waals surface area contributed by atoms with Gasteiger partial charge in [0.15, 0.2) is 0 Å². The topological polar surface area (TPSA) is 66.5 Å². The lowest BCUT2D eigenvalue weighted by atomic mass is 10.1. The van der Waals surface area contributed by atoms with Crippen LogP contribution in [0.25, 0.3) is 0 Å². The van der Waals surface area contributed by atoms with Crippen LogP contribution in [0.5, 0.6) is 0 Å². The number of amides is 1. The Balaban J connectivity index is 1.99. The third-order valence-electron chi connectivity index (χ3n) is 3.83. The van der Waals surface area contributed by atoms with Crippen LogP contribution >= 0.6 is 0 Å². The maximum atomic E-state index is 12.7. The van der Waals surface area contributed by atoms with Crippen molar-refractivity contribution in [2.75, 3.05) is 6.54 Å². The van der Waals surface area contributed by atoms with Crippen LogP contribution in [-0.2, 0) is 14.8 Å². The normalized spacial score (nSPS) is 27.9. The second kappa shape index (κ2) is 4.61. The van der Waals surface area contributed by atoms with Gasteiger partial charge in [0.05, 0.1) is 4.90 Å². The molecular weight excluding hydrogens is 264 g/mol. The number of fused-ring (bicyclic) bond motifs is 2. The van der Waals surface area contributed by atoms with E-state index in [1.54, 1.807) is 34.6 Å². The summed E-state index contributed by atoms with van der Waals surface area (Å²) in [4.78, 5) is 11.9. The van der Waals surface area contributed by atoms with Crippen molar-refractivity contribution in [3.63, 3.8) is 0 Å². The molecule has 1 aromatic rings. The van der Waals surface area contributed by atoms with Crippen molar-refractivity contribution in [3.05, 3.63) is 30.3 Å². The standard InChI is InChI=1S/C13H16N2O3S/c16-13-8-10-6-7-11(9-14-13)15(10)19(17,18)12-4-2-1-3-5-12/h1-5,10-11H,6-9H2,(H,14,16)/t10-,11+/m0/s1. The number of hydrogen-bond acceptors (Lipinski definition) is 3. The van der Waals surface area contributed by atoms with Gasteiger partial charge in [0, 0.05) is 25.0 Å². The molecule has 2 fully saturated rings. The van der Waals surface area contributed by atoms with Gasteiger partial charge in [0.1, 0.15) is 0 Å². The van der Waals surface area contributed by atoms with Gasteiger partial charge < -0.3 is 5.32 Å². The van der Waals surface area contributed by atoms with E-state index in [2.05, 4.69) is 5.32 Å². The van der Waals surface area contributed by atoms with E-state index in [0.717, 1.165) is 12.8 Å². The Morgan fingerprint density at radius 2 is 1.79 bits per heavy atom. The molecule has 0 spiro atoms. The molecule has 2 aliphatic rings. The lowest BCUT2D eigenvalue weighted by Gasteiger charge is -2.26. The van der Waals surface area contributed by atoms with Crippen LogP contribution in [0.15, 0.2) is 35.2 Å². The summed E-state index contributed by atoms with van der Waals surface area (Å²) in [6.07, 6.45) is 1.85. The summed E-state index contributed by atoms with van der Waals surface area (Å²) in [5, 5.41) is 2.78. The Hall–Kier alpha value is -1.40. The summed E-state index contributed by atoms with van der Waals surface area (Å²) < 4.78 is 26.9. The fraction of sp³-hybridized carbons (Fsp3) is 0.462. The summed E-state index contributed by atoms with van der Waals surface area (Å²) in [7, 11) is -3.50. The first-order chi connectivity index (χ1) is 9.09. The number of rotatable bonds is 2. The molecular formula is C13H16N2O3S. The summed E-state index contributed by atoms with van der Waals surface area (Å²) in [5.74, 6) is -0.0551. The average molecular weight is 280 g/mol. The number of carbonyl (C=O) groups is 1. The molecule has 0 radical (unpaired) electrons. The van der Waals surface area contributed by atoms with E-state index in [4.69, 9.17) is 0 Å². The highest BCUT2D eigenvalue weighted by atomic mass is 32.2. The zero-order valence-corrected chi connectivity index (χ0v) is 11.3. The monoisotopic (exact) mass is 280 g/mol. The fourth-order valence-electron chi connectivity index (χ4n) is 2.95. The molecule has 0 unspecified atom stereocenters. The molecule has 102 valence electrons. The number of benzene rings is 1. The lowest BCUT2D eigenvalue weighted by Crippen LogP contribution is -2.42. The van der Waals surface area contributed by atoms with Crippen LogP contribution in [0, 0.1) is 0 Å². The van der Waals surface area contributed by atoms with Crippen molar-refractivity contribution < 1.29 is 13.2 Å². The van der Waals surface area contributed by atoms with Gasteiger partial charge in [-0.1, -0.05) is 18.2 Å². The summed E-state index contributed by atoms with van der Waals surface area (Å²) in [5.41, 5.74) is 0. The Kier molecular flexibility index (Phi) is 3.06. The zero-order valence-electron chi connectivity index (χ0n) is 10.5. The first-order valence-corrected chi connectivity index (χ1v) is 7.88. The van der Waals surface area contributed by atoms with Gasteiger partial charge in [-0.05, 0) is 25.0 Å². The van der Waals surface area contributed by atoms with E-state index < -0.39 is 10.0 Å². The summed E-state index contributed by atoms with van der Waals surface area (Å²) in [6.45, 7) is 0.418. The third kappa shape index (κ3) is 2.15. The van der Waals surface area contributed by atoms with E-state index in [-0.39, 0.29) is 24.4 Å². The first kappa shape index (κ1) is 12.6. The van der Waals surface area contributed by atoms with Crippen molar-refractivity contribution in [1.82, 2.24) is 9.62 Å². The number of nitrogens with one attached hydrogen (secondary N) is 1. The van der Waals surface area contributed by atoms with Gasteiger partial charge in [-0.15, -0.1) is 0 Å². The van der Waals surface area contributed by atoms with Crippen LogP contribution in [0.4, 0.5) is 0 Å². The largest absolute Gasteiger partial charge is 0.354 e. The highest BCUT2D eigenvalue weighted by Gasteiger charge is 2.44. The van der Waals surface area contributed by atoms with Crippen molar-refractivity contribution in [2.45, 2.75) is 36.2 Å². The Labute approximate surface area is 112 Å². The van der Waals surface area contributed by atoms with E-state index in [1.165, 1.54) is 0 Å². The Morgan fingerprint density at radius 1 is 1.11 bits per heavy atom.